The molecule has 0 atom stereocenters. The molecule has 0 aromatic heterocycles. The van der Waals surface area contributed by atoms with E-state index in [1.807, 2.05) is 12.1 Å². The van der Waals surface area contributed by atoms with Gasteiger partial charge in [-0.2, -0.15) is 0 Å². The number of alkyl halides is 2. The Morgan fingerprint density at radius 1 is 1.05 bits per heavy atom. The summed E-state index contributed by atoms with van der Waals surface area (Å²) in [5.74, 6) is 1.62. The molecule has 1 aliphatic carbocycles. The van der Waals surface area contributed by atoms with Crippen LogP contribution in [-0.2, 0) is 6.42 Å². The second kappa shape index (κ2) is 8.51. The van der Waals surface area contributed by atoms with Gasteiger partial charge in [-0.25, -0.2) is 8.78 Å². The fourth-order valence-electron chi connectivity index (χ4n) is 3.51. The number of hydrogen-bond donors (Lipinski definition) is 0. The summed E-state index contributed by atoms with van der Waals surface area (Å²) in [6, 6.07) is 8.41. The van der Waals surface area contributed by atoms with E-state index >= 15 is 0 Å². The molecule has 1 saturated carbocycles. The molecule has 0 saturated heterocycles. The van der Waals surface area contributed by atoms with Crippen LogP contribution >= 0.6 is 0 Å². The zero-order valence-corrected chi connectivity index (χ0v) is 13.2. The van der Waals surface area contributed by atoms with Crippen LogP contribution in [0.5, 0.6) is 0 Å². The van der Waals surface area contributed by atoms with E-state index in [0.717, 1.165) is 11.5 Å². The normalized spacial score (nSPS) is 22.7. The average molecular weight is 294 g/mol. The standard InChI is InChI=1S/C19H28F2/c1-2-3-4-15-5-10-17(11-6-15)18-12-7-16(8-13-18)9-14-19(20)21/h7-8,12-13,15,17,19H,2-6,9-11,14H2,1H3. The van der Waals surface area contributed by atoms with Crippen molar-refractivity contribution in [3.8, 4) is 0 Å². The van der Waals surface area contributed by atoms with E-state index in [2.05, 4.69) is 19.1 Å². The Kier molecular flexibility index (Phi) is 6.66. The fourth-order valence-corrected chi connectivity index (χ4v) is 3.51. The molecule has 1 aromatic rings. The molecular weight excluding hydrogens is 266 g/mol. The van der Waals surface area contributed by atoms with Crippen LogP contribution < -0.4 is 0 Å². The van der Waals surface area contributed by atoms with Crippen LogP contribution in [0, 0.1) is 5.92 Å². The highest BCUT2D eigenvalue weighted by Gasteiger charge is 2.21. The van der Waals surface area contributed by atoms with E-state index in [1.165, 1.54) is 50.5 Å². The first-order valence-electron chi connectivity index (χ1n) is 8.56. The molecule has 0 heterocycles. The topological polar surface area (TPSA) is 0 Å². The SMILES string of the molecule is CCCCC1CCC(c2ccc(CCC(F)F)cc2)CC1. The predicted octanol–water partition coefficient (Wildman–Crippen LogP) is 6.35. The van der Waals surface area contributed by atoms with Crippen LogP contribution in [0.3, 0.4) is 0 Å². The highest BCUT2D eigenvalue weighted by atomic mass is 19.3. The molecule has 1 aromatic carbocycles. The Morgan fingerprint density at radius 3 is 2.29 bits per heavy atom. The number of rotatable bonds is 7. The number of halogens is 2. The lowest BCUT2D eigenvalue weighted by Gasteiger charge is -2.29. The van der Waals surface area contributed by atoms with Crippen molar-refractivity contribution >= 4 is 0 Å². The van der Waals surface area contributed by atoms with E-state index in [4.69, 9.17) is 0 Å². The molecule has 1 fully saturated rings. The molecule has 0 amide bonds. The zero-order chi connectivity index (χ0) is 15.1. The van der Waals surface area contributed by atoms with Crippen molar-refractivity contribution in [3.63, 3.8) is 0 Å². The molecule has 0 spiro atoms. The van der Waals surface area contributed by atoms with Crippen molar-refractivity contribution in [2.75, 3.05) is 0 Å². The number of unbranched alkanes of at least 4 members (excludes halogenated alkanes) is 1. The Morgan fingerprint density at radius 2 is 1.71 bits per heavy atom. The van der Waals surface area contributed by atoms with Crippen LogP contribution in [0.2, 0.25) is 0 Å². The summed E-state index contributed by atoms with van der Waals surface area (Å²) in [4.78, 5) is 0. The molecular formula is C19H28F2. The van der Waals surface area contributed by atoms with E-state index in [-0.39, 0.29) is 6.42 Å². The summed E-state index contributed by atoms with van der Waals surface area (Å²) in [7, 11) is 0. The van der Waals surface area contributed by atoms with Crippen LogP contribution in [-0.4, -0.2) is 6.43 Å². The molecule has 118 valence electrons. The predicted molar refractivity (Wildman–Crippen MR) is 85.0 cm³/mol. The number of hydrogen-bond acceptors (Lipinski definition) is 0. The van der Waals surface area contributed by atoms with Crippen LogP contribution in [0.1, 0.15) is 75.3 Å². The zero-order valence-electron chi connectivity index (χ0n) is 13.2. The van der Waals surface area contributed by atoms with Crippen molar-refractivity contribution in [2.45, 2.75) is 77.1 Å². The summed E-state index contributed by atoms with van der Waals surface area (Å²) in [5, 5.41) is 0. The highest BCUT2D eigenvalue weighted by Crippen LogP contribution is 2.37. The van der Waals surface area contributed by atoms with Crippen molar-refractivity contribution < 1.29 is 8.78 Å². The van der Waals surface area contributed by atoms with Gasteiger partial charge in [-0.15, -0.1) is 0 Å². The molecule has 0 unspecified atom stereocenters. The molecule has 2 rings (SSSR count). The Hall–Kier alpha value is -0.920. The Labute approximate surface area is 128 Å². The minimum absolute atomic E-state index is 0.0259. The van der Waals surface area contributed by atoms with Gasteiger partial charge in [0.1, 0.15) is 0 Å². The van der Waals surface area contributed by atoms with Gasteiger partial charge in [0.25, 0.3) is 0 Å². The molecule has 1 aliphatic rings. The van der Waals surface area contributed by atoms with Crippen molar-refractivity contribution in [2.24, 2.45) is 5.92 Å². The van der Waals surface area contributed by atoms with Crippen molar-refractivity contribution in [1.82, 2.24) is 0 Å². The smallest absolute Gasteiger partial charge is 0.211 e. The van der Waals surface area contributed by atoms with Gasteiger partial charge in [-0.05, 0) is 55.1 Å². The highest BCUT2D eigenvalue weighted by molar-refractivity contribution is 5.26. The molecule has 0 nitrogen and oxygen atoms in total. The van der Waals surface area contributed by atoms with Gasteiger partial charge in [0.2, 0.25) is 6.43 Å². The van der Waals surface area contributed by atoms with E-state index in [1.54, 1.807) is 0 Å². The molecule has 0 aliphatic heterocycles. The molecule has 2 heteroatoms. The van der Waals surface area contributed by atoms with E-state index < -0.39 is 6.43 Å². The summed E-state index contributed by atoms with van der Waals surface area (Å²) in [5.41, 5.74) is 2.44. The number of benzene rings is 1. The minimum Gasteiger partial charge on any atom is -0.211 e. The molecule has 21 heavy (non-hydrogen) atoms. The van der Waals surface area contributed by atoms with E-state index in [9.17, 15) is 8.78 Å². The van der Waals surface area contributed by atoms with Gasteiger partial charge < -0.3 is 0 Å². The molecule has 0 N–H and O–H groups in total. The molecule has 0 radical (unpaired) electrons. The maximum atomic E-state index is 12.2. The van der Waals surface area contributed by atoms with Gasteiger partial charge in [0, 0.05) is 6.42 Å². The van der Waals surface area contributed by atoms with Gasteiger partial charge in [-0.1, -0.05) is 50.5 Å². The third-order valence-electron chi connectivity index (χ3n) is 4.92. The van der Waals surface area contributed by atoms with Crippen LogP contribution in [0.25, 0.3) is 0 Å². The third kappa shape index (κ3) is 5.41. The quantitative estimate of drug-likeness (QED) is 0.549. The maximum absolute atomic E-state index is 12.2. The van der Waals surface area contributed by atoms with Crippen molar-refractivity contribution in [3.05, 3.63) is 35.4 Å². The largest absolute Gasteiger partial charge is 0.239 e. The van der Waals surface area contributed by atoms with Crippen LogP contribution in [0.15, 0.2) is 24.3 Å². The van der Waals surface area contributed by atoms with Crippen molar-refractivity contribution in [1.29, 1.82) is 0 Å². The second-order valence-corrected chi connectivity index (χ2v) is 6.53. The summed E-state index contributed by atoms with van der Waals surface area (Å²) >= 11 is 0. The first-order chi connectivity index (χ1) is 10.2. The maximum Gasteiger partial charge on any atom is 0.239 e. The lowest BCUT2D eigenvalue weighted by Crippen LogP contribution is -2.13. The number of aryl methyl sites for hydroxylation is 1. The monoisotopic (exact) mass is 294 g/mol. The molecule has 0 bridgehead atoms. The third-order valence-corrected chi connectivity index (χ3v) is 4.92. The average Bonchev–Trinajstić information content (AvgIpc) is 2.52. The minimum atomic E-state index is -2.19. The van der Waals surface area contributed by atoms with Gasteiger partial charge in [-0.3, -0.25) is 0 Å². The Balaban J connectivity index is 1.80. The lowest BCUT2D eigenvalue weighted by atomic mass is 9.77. The van der Waals surface area contributed by atoms with Gasteiger partial charge >= 0.3 is 0 Å². The summed E-state index contributed by atoms with van der Waals surface area (Å²) in [6.07, 6.45) is 7.65. The van der Waals surface area contributed by atoms with E-state index in [0.29, 0.717) is 12.3 Å². The summed E-state index contributed by atoms with van der Waals surface area (Å²) in [6.45, 7) is 2.27. The fraction of sp³-hybridized carbons (Fsp3) is 0.684. The van der Waals surface area contributed by atoms with Gasteiger partial charge in [0.15, 0.2) is 0 Å². The lowest BCUT2D eigenvalue weighted by molar-refractivity contribution is 0.138. The Bertz CT molecular complexity index is 389. The summed E-state index contributed by atoms with van der Waals surface area (Å²) < 4.78 is 24.4. The first-order valence-corrected chi connectivity index (χ1v) is 8.56. The van der Waals surface area contributed by atoms with Crippen LogP contribution in [0.4, 0.5) is 8.78 Å². The first kappa shape index (κ1) is 16.5. The second-order valence-electron chi connectivity index (χ2n) is 6.53. The van der Waals surface area contributed by atoms with Gasteiger partial charge in [0.05, 0.1) is 0 Å².